The molecule has 1 aliphatic heterocycles. The fourth-order valence-electron chi connectivity index (χ4n) is 2.99. The number of aliphatic imine (C=N–C) groups is 1. The monoisotopic (exact) mass is 494 g/mol. The van der Waals surface area contributed by atoms with Crippen LogP contribution in [0.15, 0.2) is 92.4 Å². The molecule has 0 spiro atoms. The van der Waals surface area contributed by atoms with Crippen LogP contribution < -0.4 is 4.90 Å². The van der Waals surface area contributed by atoms with E-state index in [1.54, 1.807) is 4.90 Å². The molecule has 3 nitrogen and oxygen atoms in total. The minimum absolute atomic E-state index is 0.145. The van der Waals surface area contributed by atoms with Crippen LogP contribution in [0.25, 0.3) is 6.08 Å². The van der Waals surface area contributed by atoms with Gasteiger partial charge in [-0.15, -0.1) is 0 Å². The Morgan fingerprint density at radius 1 is 0.893 bits per heavy atom. The molecule has 0 bridgehead atoms. The molecule has 0 aromatic heterocycles. The molecule has 0 aliphatic carbocycles. The summed E-state index contributed by atoms with van der Waals surface area (Å²) in [6.07, 6.45) is 1.83. The Balaban J connectivity index is 1.84. The summed E-state index contributed by atoms with van der Waals surface area (Å²) in [5, 5.41) is 0. The SMILES string of the molecule is Cc1ccc(/C=C2/N=C(c3ccccc3Br)N(c3ccc(Br)cc3)C2=O)cc1. The average molecular weight is 496 g/mol. The molecular formula is C23H16Br2N2O. The second kappa shape index (κ2) is 7.86. The largest absolute Gasteiger partial charge is 0.282 e. The van der Waals surface area contributed by atoms with Gasteiger partial charge in [-0.25, -0.2) is 4.99 Å². The van der Waals surface area contributed by atoms with Crippen molar-refractivity contribution in [1.82, 2.24) is 0 Å². The number of hydrogen-bond acceptors (Lipinski definition) is 2. The lowest BCUT2D eigenvalue weighted by Crippen LogP contribution is -2.32. The van der Waals surface area contributed by atoms with Gasteiger partial charge in [0.1, 0.15) is 11.5 Å². The number of anilines is 1. The average Bonchev–Trinajstić information content (AvgIpc) is 3.01. The van der Waals surface area contributed by atoms with Gasteiger partial charge in [0.15, 0.2) is 0 Å². The second-order valence-electron chi connectivity index (χ2n) is 6.47. The molecule has 1 amide bonds. The van der Waals surface area contributed by atoms with Gasteiger partial charge in [-0.1, -0.05) is 79.9 Å². The molecule has 138 valence electrons. The number of amides is 1. The Kier molecular flexibility index (Phi) is 5.29. The maximum Gasteiger partial charge on any atom is 0.282 e. The first-order valence-corrected chi connectivity index (χ1v) is 10.3. The standard InChI is InChI=1S/C23H16Br2N2O/c1-15-6-8-16(9-7-15)14-21-23(28)27(18-12-10-17(24)11-13-18)22(26-21)19-4-2-3-5-20(19)25/h2-14H,1H3/b21-14+. The predicted octanol–water partition coefficient (Wildman–Crippen LogP) is 6.35. The molecule has 3 aromatic rings. The van der Waals surface area contributed by atoms with Gasteiger partial charge in [0.2, 0.25) is 0 Å². The molecule has 0 atom stereocenters. The number of carbonyl (C=O) groups excluding carboxylic acids is 1. The molecule has 0 saturated heterocycles. The van der Waals surface area contributed by atoms with E-state index in [-0.39, 0.29) is 5.91 Å². The van der Waals surface area contributed by atoms with Crippen molar-refractivity contribution in [1.29, 1.82) is 0 Å². The zero-order valence-electron chi connectivity index (χ0n) is 15.1. The van der Waals surface area contributed by atoms with E-state index in [2.05, 4.69) is 31.9 Å². The Morgan fingerprint density at radius 2 is 1.57 bits per heavy atom. The third kappa shape index (κ3) is 3.73. The number of aryl methyl sites for hydroxylation is 1. The van der Waals surface area contributed by atoms with E-state index in [1.165, 1.54) is 5.56 Å². The molecular weight excluding hydrogens is 480 g/mol. The molecule has 0 fully saturated rings. The maximum absolute atomic E-state index is 13.3. The van der Waals surface area contributed by atoms with Crippen LogP contribution in [0, 0.1) is 6.92 Å². The Hall–Kier alpha value is -2.50. The fraction of sp³-hybridized carbons (Fsp3) is 0.0435. The minimum atomic E-state index is -0.145. The number of carbonyl (C=O) groups is 1. The number of rotatable bonds is 3. The summed E-state index contributed by atoms with van der Waals surface area (Å²) in [4.78, 5) is 19.6. The number of nitrogens with zero attached hydrogens (tertiary/aromatic N) is 2. The van der Waals surface area contributed by atoms with Gasteiger partial charge >= 0.3 is 0 Å². The van der Waals surface area contributed by atoms with Crippen molar-refractivity contribution in [3.05, 3.63) is 104 Å². The van der Waals surface area contributed by atoms with Crippen LogP contribution in [0.2, 0.25) is 0 Å². The lowest BCUT2D eigenvalue weighted by Gasteiger charge is -2.19. The van der Waals surface area contributed by atoms with Gasteiger partial charge in [0.05, 0.1) is 5.69 Å². The first-order valence-electron chi connectivity index (χ1n) is 8.75. The third-order valence-corrected chi connectivity index (χ3v) is 5.66. The summed E-state index contributed by atoms with van der Waals surface area (Å²) in [5.74, 6) is 0.465. The second-order valence-corrected chi connectivity index (χ2v) is 8.24. The lowest BCUT2D eigenvalue weighted by atomic mass is 10.1. The normalized spacial score (nSPS) is 15.2. The highest BCUT2D eigenvalue weighted by molar-refractivity contribution is 9.10. The summed E-state index contributed by atoms with van der Waals surface area (Å²) in [6, 6.07) is 23.5. The molecule has 0 unspecified atom stereocenters. The highest BCUT2D eigenvalue weighted by Gasteiger charge is 2.33. The molecule has 0 saturated carbocycles. The number of hydrogen-bond donors (Lipinski definition) is 0. The van der Waals surface area contributed by atoms with Crippen LogP contribution in [0.5, 0.6) is 0 Å². The summed E-state index contributed by atoms with van der Waals surface area (Å²) < 4.78 is 1.85. The van der Waals surface area contributed by atoms with Crippen molar-refractivity contribution in [2.24, 2.45) is 4.99 Å². The van der Waals surface area contributed by atoms with Crippen molar-refractivity contribution in [3.63, 3.8) is 0 Å². The Bertz CT molecular complexity index is 1100. The van der Waals surface area contributed by atoms with Crippen molar-refractivity contribution in [2.45, 2.75) is 6.92 Å². The van der Waals surface area contributed by atoms with Crippen LogP contribution in [-0.4, -0.2) is 11.7 Å². The molecule has 5 heteroatoms. The zero-order chi connectivity index (χ0) is 19.7. The molecule has 3 aromatic carbocycles. The molecule has 4 rings (SSSR count). The molecule has 0 N–H and O–H groups in total. The van der Waals surface area contributed by atoms with Crippen molar-refractivity contribution < 1.29 is 4.79 Å². The third-order valence-electron chi connectivity index (χ3n) is 4.44. The van der Waals surface area contributed by atoms with Crippen LogP contribution >= 0.6 is 31.9 Å². The van der Waals surface area contributed by atoms with Crippen LogP contribution in [0.3, 0.4) is 0 Å². The first-order chi connectivity index (χ1) is 13.5. The fourth-order valence-corrected chi connectivity index (χ4v) is 3.72. The zero-order valence-corrected chi connectivity index (χ0v) is 18.2. The van der Waals surface area contributed by atoms with E-state index >= 15 is 0 Å². The van der Waals surface area contributed by atoms with Crippen molar-refractivity contribution in [3.8, 4) is 0 Å². The first kappa shape index (κ1) is 18.8. The smallest absolute Gasteiger partial charge is 0.266 e. The summed E-state index contributed by atoms with van der Waals surface area (Å²) in [7, 11) is 0. The van der Waals surface area contributed by atoms with Gasteiger partial charge in [-0.2, -0.15) is 0 Å². The lowest BCUT2D eigenvalue weighted by molar-refractivity contribution is -0.113. The summed E-state index contributed by atoms with van der Waals surface area (Å²) in [5.41, 5.74) is 4.18. The minimum Gasteiger partial charge on any atom is -0.266 e. The molecule has 1 heterocycles. The van der Waals surface area contributed by atoms with E-state index in [1.807, 2.05) is 85.8 Å². The molecule has 1 aliphatic rings. The Morgan fingerprint density at radius 3 is 2.25 bits per heavy atom. The number of halogens is 2. The van der Waals surface area contributed by atoms with Gasteiger partial charge in [0, 0.05) is 14.5 Å². The van der Waals surface area contributed by atoms with E-state index in [0.29, 0.717) is 11.5 Å². The van der Waals surface area contributed by atoms with Crippen LogP contribution in [0.4, 0.5) is 5.69 Å². The summed E-state index contributed by atoms with van der Waals surface area (Å²) in [6.45, 7) is 2.04. The topological polar surface area (TPSA) is 32.7 Å². The van der Waals surface area contributed by atoms with Crippen LogP contribution in [0.1, 0.15) is 16.7 Å². The van der Waals surface area contributed by atoms with Crippen molar-refractivity contribution >= 4 is 55.4 Å². The quantitative estimate of drug-likeness (QED) is 0.389. The molecule has 28 heavy (non-hydrogen) atoms. The van der Waals surface area contributed by atoms with Gasteiger partial charge < -0.3 is 0 Å². The molecule has 0 radical (unpaired) electrons. The summed E-state index contributed by atoms with van der Waals surface area (Å²) >= 11 is 7.04. The van der Waals surface area contributed by atoms with Crippen molar-refractivity contribution in [2.75, 3.05) is 4.90 Å². The highest BCUT2D eigenvalue weighted by Crippen LogP contribution is 2.31. The Labute approximate surface area is 180 Å². The van der Waals surface area contributed by atoms with E-state index in [0.717, 1.165) is 25.8 Å². The van der Waals surface area contributed by atoms with E-state index in [9.17, 15) is 4.79 Å². The predicted molar refractivity (Wildman–Crippen MR) is 121 cm³/mol. The maximum atomic E-state index is 13.3. The number of benzene rings is 3. The van der Waals surface area contributed by atoms with E-state index < -0.39 is 0 Å². The van der Waals surface area contributed by atoms with Gasteiger partial charge in [-0.05, 0) is 48.9 Å². The highest BCUT2D eigenvalue weighted by atomic mass is 79.9. The van der Waals surface area contributed by atoms with Crippen LogP contribution in [-0.2, 0) is 4.79 Å². The number of amidine groups is 1. The van der Waals surface area contributed by atoms with Gasteiger partial charge in [0.25, 0.3) is 5.91 Å². The van der Waals surface area contributed by atoms with E-state index in [4.69, 9.17) is 4.99 Å². The van der Waals surface area contributed by atoms with Gasteiger partial charge in [-0.3, -0.25) is 9.69 Å².